The van der Waals surface area contributed by atoms with Gasteiger partial charge in [0.1, 0.15) is 13.1 Å². The zero-order valence-electron chi connectivity index (χ0n) is 15.7. The average Bonchev–Trinajstić information content (AvgIpc) is 2.66. The Bertz CT molecular complexity index is 1090. The Morgan fingerprint density at radius 2 is 1.30 bits per heavy atom. The molecule has 3 aromatic carbocycles. The van der Waals surface area contributed by atoms with Gasteiger partial charge in [0.25, 0.3) is 0 Å². The van der Waals surface area contributed by atoms with Gasteiger partial charge in [0.05, 0.1) is 5.56 Å². The maximum absolute atomic E-state index is 13.8. The van der Waals surface area contributed by atoms with Crippen LogP contribution in [0.4, 0.5) is 4.39 Å². The number of rotatable bonds is 1. The van der Waals surface area contributed by atoms with Gasteiger partial charge in [-0.3, -0.25) is 0 Å². The van der Waals surface area contributed by atoms with E-state index < -0.39 is 0 Å². The molecule has 3 rings (SSSR count). The summed E-state index contributed by atoms with van der Waals surface area (Å²) in [5, 5.41) is 0. The van der Waals surface area contributed by atoms with E-state index in [-0.39, 0.29) is 5.82 Å². The van der Waals surface area contributed by atoms with Crippen molar-refractivity contribution in [1.82, 2.24) is 0 Å². The van der Waals surface area contributed by atoms with Gasteiger partial charge in [0.15, 0.2) is 0 Å². The summed E-state index contributed by atoms with van der Waals surface area (Å²) in [5.41, 5.74) is 6.50. The van der Waals surface area contributed by atoms with Gasteiger partial charge >= 0.3 is 0 Å². The molecule has 1 radical (unpaired) electrons. The van der Waals surface area contributed by atoms with Crippen LogP contribution >= 0.6 is 0 Å². The molecule has 0 saturated carbocycles. The minimum absolute atomic E-state index is 0.285. The predicted molar refractivity (Wildman–Crippen MR) is 112 cm³/mol. The van der Waals surface area contributed by atoms with Crippen LogP contribution in [0.3, 0.4) is 0 Å². The predicted octanol–water partition coefficient (Wildman–Crippen LogP) is 4.62. The smallest absolute Gasteiger partial charge is 0.148 e. The minimum Gasteiger partial charge on any atom is -0.206 e. The molecule has 0 amide bonds. The van der Waals surface area contributed by atoms with Gasteiger partial charge in [-0.1, -0.05) is 53.7 Å². The van der Waals surface area contributed by atoms with Crippen LogP contribution in [-0.2, 0) is 0 Å². The molecule has 0 atom stereocenters. The SMILES string of the molecule is C[B]c1ccc(C#Cc2ccc(C#Cc3ccc(C)cc3F)cc2)cc1C. The van der Waals surface area contributed by atoms with E-state index in [1.165, 1.54) is 17.1 Å². The first-order valence-corrected chi connectivity index (χ1v) is 8.85. The van der Waals surface area contributed by atoms with Crippen LogP contribution in [0.25, 0.3) is 0 Å². The van der Waals surface area contributed by atoms with Gasteiger partial charge in [-0.05, 0) is 67.9 Å². The highest BCUT2D eigenvalue weighted by Gasteiger charge is 1.99. The molecule has 3 aromatic rings. The molecule has 0 N–H and O–H groups in total. The second kappa shape index (κ2) is 8.44. The molecular formula is C25H19BF. The standard InChI is InChI=1S/C25H19BF/c1-18-4-13-23(25(27)16-18)14-11-21-7-5-20(6-8-21)9-10-22-12-15-24(26-3)19(2)17-22/h4-8,12-13,15-17H,1-3H3. The summed E-state index contributed by atoms with van der Waals surface area (Å²) in [7, 11) is 2.09. The second-order valence-corrected chi connectivity index (χ2v) is 6.42. The van der Waals surface area contributed by atoms with Gasteiger partial charge in [-0.2, -0.15) is 0 Å². The van der Waals surface area contributed by atoms with Crippen LogP contribution in [0.5, 0.6) is 0 Å². The minimum atomic E-state index is -0.285. The summed E-state index contributed by atoms with van der Waals surface area (Å²) >= 11 is 0. The average molecular weight is 349 g/mol. The first-order valence-electron chi connectivity index (χ1n) is 8.85. The highest BCUT2D eigenvalue weighted by Crippen LogP contribution is 2.09. The van der Waals surface area contributed by atoms with Gasteiger partial charge in [0.2, 0.25) is 0 Å². The lowest BCUT2D eigenvalue weighted by Crippen LogP contribution is -2.13. The second-order valence-electron chi connectivity index (χ2n) is 6.42. The zero-order valence-corrected chi connectivity index (χ0v) is 15.7. The van der Waals surface area contributed by atoms with Crippen molar-refractivity contribution in [2.24, 2.45) is 0 Å². The molecular weight excluding hydrogens is 330 g/mol. The Labute approximate surface area is 161 Å². The van der Waals surface area contributed by atoms with Crippen molar-refractivity contribution in [3.05, 3.63) is 99.9 Å². The lowest BCUT2D eigenvalue weighted by atomic mass is 9.71. The number of aryl methyl sites for hydroxylation is 2. The molecule has 27 heavy (non-hydrogen) atoms. The largest absolute Gasteiger partial charge is 0.206 e. The third kappa shape index (κ3) is 4.90. The molecule has 0 spiro atoms. The van der Waals surface area contributed by atoms with Gasteiger partial charge < -0.3 is 0 Å². The number of hydrogen-bond acceptors (Lipinski definition) is 0. The fourth-order valence-electron chi connectivity index (χ4n) is 2.72. The fraction of sp³-hybridized carbons (Fsp3) is 0.120. The van der Waals surface area contributed by atoms with Crippen LogP contribution in [0.15, 0.2) is 60.7 Å². The van der Waals surface area contributed by atoms with Gasteiger partial charge in [-0.25, -0.2) is 4.39 Å². The maximum atomic E-state index is 13.8. The van der Waals surface area contributed by atoms with E-state index in [0.717, 1.165) is 22.3 Å². The molecule has 0 saturated heterocycles. The molecule has 0 aliphatic rings. The van der Waals surface area contributed by atoms with Crippen molar-refractivity contribution in [1.29, 1.82) is 0 Å². The van der Waals surface area contributed by atoms with Crippen LogP contribution in [0.1, 0.15) is 33.4 Å². The summed E-state index contributed by atoms with van der Waals surface area (Å²) < 4.78 is 13.8. The number of hydrogen-bond donors (Lipinski definition) is 0. The lowest BCUT2D eigenvalue weighted by molar-refractivity contribution is 0.623. The molecule has 0 aliphatic heterocycles. The molecule has 0 unspecified atom stereocenters. The van der Waals surface area contributed by atoms with Crippen molar-refractivity contribution in [2.75, 3.05) is 0 Å². The summed E-state index contributed by atoms with van der Waals surface area (Å²) in [6, 6.07) is 19.0. The first kappa shape index (κ1) is 18.6. The van der Waals surface area contributed by atoms with Gasteiger partial charge in [-0.15, -0.1) is 0 Å². The monoisotopic (exact) mass is 349 g/mol. The van der Waals surface area contributed by atoms with Crippen molar-refractivity contribution in [2.45, 2.75) is 20.7 Å². The van der Waals surface area contributed by atoms with Crippen molar-refractivity contribution in [3.8, 4) is 23.7 Å². The lowest BCUT2D eigenvalue weighted by Gasteiger charge is -2.01. The molecule has 0 heterocycles. The van der Waals surface area contributed by atoms with E-state index in [1.807, 2.05) is 50.1 Å². The van der Waals surface area contributed by atoms with E-state index in [1.54, 1.807) is 6.07 Å². The third-order valence-corrected chi connectivity index (χ3v) is 4.28. The fourth-order valence-corrected chi connectivity index (χ4v) is 2.72. The van der Waals surface area contributed by atoms with Crippen molar-refractivity contribution >= 4 is 12.7 Å². The molecule has 2 heteroatoms. The van der Waals surface area contributed by atoms with Crippen molar-refractivity contribution < 1.29 is 4.39 Å². The summed E-state index contributed by atoms with van der Waals surface area (Å²) in [4.78, 5) is 0. The highest BCUT2D eigenvalue weighted by molar-refractivity contribution is 6.52. The zero-order chi connectivity index (χ0) is 19.2. The maximum Gasteiger partial charge on any atom is 0.148 e. The summed E-state index contributed by atoms with van der Waals surface area (Å²) in [6.07, 6.45) is 0. The van der Waals surface area contributed by atoms with E-state index in [2.05, 4.69) is 50.0 Å². The highest BCUT2D eigenvalue weighted by atomic mass is 19.1. The number of benzene rings is 3. The van der Waals surface area contributed by atoms with Gasteiger partial charge in [0, 0.05) is 16.7 Å². The topological polar surface area (TPSA) is 0 Å². The Hall–Kier alpha value is -3.23. The normalized spacial score (nSPS) is 9.63. The quantitative estimate of drug-likeness (QED) is 0.444. The van der Waals surface area contributed by atoms with Crippen LogP contribution < -0.4 is 5.46 Å². The first-order chi connectivity index (χ1) is 13.0. The third-order valence-electron chi connectivity index (χ3n) is 4.28. The molecule has 0 fully saturated rings. The Morgan fingerprint density at radius 1 is 0.704 bits per heavy atom. The Balaban J connectivity index is 1.75. The van der Waals surface area contributed by atoms with E-state index in [9.17, 15) is 4.39 Å². The molecule has 129 valence electrons. The van der Waals surface area contributed by atoms with E-state index >= 15 is 0 Å². The molecule has 0 aromatic heterocycles. The van der Waals surface area contributed by atoms with Crippen LogP contribution in [0.2, 0.25) is 6.82 Å². The molecule has 0 bridgehead atoms. The van der Waals surface area contributed by atoms with Crippen LogP contribution in [0, 0.1) is 43.3 Å². The molecule has 0 aliphatic carbocycles. The van der Waals surface area contributed by atoms with Crippen molar-refractivity contribution in [3.63, 3.8) is 0 Å². The Kier molecular flexibility index (Phi) is 5.80. The number of halogens is 1. The van der Waals surface area contributed by atoms with E-state index in [4.69, 9.17) is 0 Å². The van der Waals surface area contributed by atoms with Crippen LogP contribution in [-0.4, -0.2) is 7.28 Å². The summed E-state index contributed by atoms with van der Waals surface area (Å²) in [5.74, 6) is 12.0. The summed E-state index contributed by atoms with van der Waals surface area (Å²) in [6.45, 7) is 5.98. The van der Waals surface area contributed by atoms with E-state index in [0.29, 0.717) is 5.56 Å². The Morgan fingerprint density at radius 3 is 1.89 bits per heavy atom. The molecule has 0 nitrogen and oxygen atoms in total.